The Morgan fingerprint density at radius 2 is 1.86 bits per heavy atom. The van der Waals surface area contributed by atoms with E-state index in [9.17, 15) is 10.1 Å². The molecule has 0 atom stereocenters. The molecule has 0 aromatic heterocycles. The molecule has 4 nitrogen and oxygen atoms in total. The predicted molar refractivity (Wildman–Crippen MR) is 89.6 cm³/mol. The molecule has 8 heteroatoms. The Morgan fingerprint density at radius 1 is 1.14 bits per heavy atom. The number of nitro groups is 1. The van der Waals surface area contributed by atoms with E-state index in [1.807, 2.05) is 0 Å². The molecule has 0 saturated carbocycles. The van der Waals surface area contributed by atoms with Crippen LogP contribution in [0.1, 0.15) is 5.56 Å². The summed E-state index contributed by atoms with van der Waals surface area (Å²) in [5.41, 5.74) is 1.22. The Morgan fingerprint density at radius 3 is 2.52 bits per heavy atom. The lowest BCUT2D eigenvalue weighted by Gasteiger charge is -2.10. The molecular weight excluding hydrogens is 402 g/mol. The summed E-state index contributed by atoms with van der Waals surface area (Å²) in [5.74, 6) is 0. The minimum atomic E-state index is -0.519. The highest BCUT2D eigenvalue weighted by Gasteiger charge is 2.13. The maximum absolute atomic E-state index is 10.8. The highest BCUT2D eigenvalue weighted by molar-refractivity contribution is 9.10. The Labute approximate surface area is 144 Å². The largest absolute Gasteiger partial charge is 0.380 e. The number of benzene rings is 2. The molecule has 1 N–H and O–H groups in total. The van der Waals surface area contributed by atoms with Crippen LogP contribution in [0.4, 0.5) is 11.4 Å². The van der Waals surface area contributed by atoms with Crippen molar-refractivity contribution in [3.8, 4) is 0 Å². The van der Waals surface area contributed by atoms with Crippen LogP contribution >= 0.6 is 50.7 Å². The smallest absolute Gasteiger partial charge is 0.288 e. The summed E-state index contributed by atoms with van der Waals surface area (Å²) in [4.78, 5) is 10.3. The van der Waals surface area contributed by atoms with Gasteiger partial charge >= 0.3 is 0 Å². The maximum Gasteiger partial charge on any atom is 0.288 e. The quantitative estimate of drug-likeness (QED) is 0.386. The monoisotopic (exact) mass is 408 g/mol. The van der Waals surface area contributed by atoms with Crippen molar-refractivity contribution < 1.29 is 4.92 Å². The van der Waals surface area contributed by atoms with Gasteiger partial charge in [0.1, 0.15) is 5.02 Å². The highest BCUT2D eigenvalue weighted by atomic mass is 79.9. The molecule has 0 aliphatic rings. The topological polar surface area (TPSA) is 55.2 Å². The van der Waals surface area contributed by atoms with Gasteiger partial charge in [-0.3, -0.25) is 10.1 Å². The molecule has 0 aliphatic carbocycles. The zero-order valence-electron chi connectivity index (χ0n) is 10.4. The first-order valence-corrected chi connectivity index (χ1v) is 7.63. The fraction of sp³-hybridized carbons (Fsp3) is 0.0769. The van der Waals surface area contributed by atoms with Crippen LogP contribution in [0, 0.1) is 10.1 Å². The van der Waals surface area contributed by atoms with Gasteiger partial charge in [0.2, 0.25) is 0 Å². The van der Waals surface area contributed by atoms with E-state index in [1.165, 1.54) is 12.1 Å². The lowest BCUT2D eigenvalue weighted by atomic mass is 10.2. The first kappa shape index (κ1) is 16.4. The predicted octanol–water partition coefficient (Wildman–Crippen LogP) is 5.93. The van der Waals surface area contributed by atoms with Crippen LogP contribution in [-0.2, 0) is 6.54 Å². The van der Waals surface area contributed by atoms with Crippen LogP contribution < -0.4 is 5.32 Å². The summed E-state index contributed by atoms with van der Waals surface area (Å²) in [5, 5.41) is 14.8. The number of nitro benzene ring substituents is 1. The SMILES string of the molecule is O=[N+]([O-])c1cc(CNc2ccc(Br)c(Cl)c2Cl)ccc1Cl. The third-order valence-electron chi connectivity index (χ3n) is 2.73. The van der Waals surface area contributed by atoms with Crippen molar-refractivity contribution in [3.63, 3.8) is 0 Å². The van der Waals surface area contributed by atoms with Gasteiger partial charge < -0.3 is 5.32 Å². The maximum atomic E-state index is 10.8. The summed E-state index contributed by atoms with van der Waals surface area (Å²) in [6.45, 7) is 0.357. The van der Waals surface area contributed by atoms with Gasteiger partial charge in [-0.05, 0) is 39.7 Å². The van der Waals surface area contributed by atoms with Crippen molar-refractivity contribution >= 4 is 62.1 Å². The number of rotatable bonds is 4. The second kappa shape index (κ2) is 6.83. The number of hydrogen-bond donors (Lipinski definition) is 1. The van der Waals surface area contributed by atoms with Crippen LogP contribution in [0.5, 0.6) is 0 Å². The summed E-state index contributed by atoms with van der Waals surface area (Å²) in [6.07, 6.45) is 0. The number of nitrogens with zero attached hydrogens (tertiary/aromatic N) is 1. The lowest BCUT2D eigenvalue weighted by Crippen LogP contribution is -2.01. The molecular formula is C13H8BrCl3N2O2. The van der Waals surface area contributed by atoms with Crippen molar-refractivity contribution in [1.82, 2.24) is 0 Å². The number of hydrogen-bond acceptors (Lipinski definition) is 3. The average Bonchev–Trinajstić information content (AvgIpc) is 2.45. The van der Waals surface area contributed by atoms with Crippen molar-refractivity contribution in [2.75, 3.05) is 5.32 Å². The number of halogens is 4. The Hall–Kier alpha value is -1.01. The second-order valence-corrected chi connectivity index (χ2v) is 6.14. The van der Waals surface area contributed by atoms with Gasteiger partial charge in [-0.1, -0.05) is 40.9 Å². The lowest BCUT2D eigenvalue weighted by molar-refractivity contribution is -0.384. The van der Waals surface area contributed by atoms with E-state index in [-0.39, 0.29) is 10.7 Å². The summed E-state index contributed by atoms with van der Waals surface area (Å²) >= 11 is 21.2. The standard InChI is InChI=1S/C13H8BrCl3N2O2/c14-8-2-4-10(13(17)12(8)16)18-6-7-1-3-9(15)11(5-7)19(20)21/h1-5,18H,6H2. The third kappa shape index (κ3) is 3.80. The van der Waals surface area contributed by atoms with Crippen LogP contribution in [0.2, 0.25) is 15.1 Å². The van der Waals surface area contributed by atoms with E-state index in [0.29, 0.717) is 32.3 Å². The second-order valence-electron chi connectivity index (χ2n) is 4.12. The van der Waals surface area contributed by atoms with E-state index in [1.54, 1.807) is 18.2 Å². The van der Waals surface area contributed by atoms with E-state index >= 15 is 0 Å². The van der Waals surface area contributed by atoms with Crippen molar-refractivity contribution in [3.05, 3.63) is 65.6 Å². The van der Waals surface area contributed by atoms with E-state index in [2.05, 4.69) is 21.2 Å². The van der Waals surface area contributed by atoms with Crippen LogP contribution in [0.3, 0.4) is 0 Å². The zero-order valence-corrected chi connectivity index (χ0v) is 14.2. The molecule has 0 aliphatic heterocycles. The summed E-state index contributed by atoms with van der Waals surface area (Å²) in [7, 11) is 0. The molecule has 0 spiro atoms. The molecule has 2 rings (SSSR count). The van der Waals surface area contributed by atoms with E-state index < -0.39 is 4.92 Å². The molecule has 0 unspecified atom stereocenters. The fourth-order valence-corrected chi connectivity index (χ4v) is 2.70. The molecule has 0 radical (unpaired) electrons. The molecule has 21 heavy (non-hydrogen) atoms. The first-order valence-electron chi connectivity index (χ1n) is 5.70. The third-order valence-corrected chi connectivity index (χ3v) is 4.82. The van der Waals surface area contributed by atoms with Gasteiger partial charge in [-0.15, -0.1) is 0 Å². The Balaban J connectivity index is 2.19. The highest BCUT2D eigenvalue weighted by Crippen LogP contribution is 2.36. The van der Waals surface area contributed by atoms with Crippen molar-refractivity contribution in [2.24, 2.45) is 0 Å². The van der Waals surface area contributed by atoms with Gasteiger partial charge in [0.15, 0.2) is 0 Å². The molecule has 0 saturated heterocycles. The fourth-order valence-electron chi connectivity index (χ4n) is 1.67. The minimum absolute atomic E-state index is 0.105. The van der Waals surface area contributed by atoms with Gasteiger partial charge in [-0.25, -0.2) is 0 Å². The van der Waals surface area contributed by atoms with Crippen molar-refractivity contribution in [1.29, 1.82) is 0 Å². The Kier molecular flexibility index (Phi) is 5.32. The number of nitrogens with one attached hydrogen (secondary N) is 1. The molecule has 0 bridgehead atoms. The van der Waals surface area contributed by atoms with Gasteiger partial charge in [0, 0.05) is 17.1 Å². The summed E-state index contributed by atoms with van der Waals surface area (Å²) < 4.78 is 0.696. The molecule has 0 fully saturated rings. The van der Waals surface area contributed by atoms with Crippen molar-refractivity contribution in [2.45, 2.75) is 6.54 Å². The molecule has 0 heterocycles. The van der Waals surface area contributed by atoms with Crippen LogP contribution in [0.15, 0.2) is 34.8 Å². The van der Waals surface area contributed by atoms with Crippen LogP contribution in [-0.4, -0.2) is 4.92 Å². The van der Waals surface area contributed by atoms with Gasteiger partial charge in [-0.2, -0.15) is 0 Å². The average molecular weight is 410 g/mol. The molecule has 110 valence electrons. The van der Waals surface area contributed by atoms with Gasteiger partial charge in [0.25, 0.3) is 5.69 Å². The van der Waals surface area contributed by atoms with E-state index in [0.717, 1.165) is 0 Å². The zero-order chi connectivity index (χ0) is 15.6. The number of anilines is 1. The first-order chi connectivity index (χ1) is 9.90. The van der Waals surface area contributed by atoms with Crippen LogP contribution in [0.25, 0.3) is 0 Å². The van der Waals surface area contributed by atoms with Gasteiger partial charge in [0.05, 0.1) is 20.7 Å². The summed E-state index contributed by atoms with van der Waals surface area (Å²) in [6, 6.07) is 8.15. The molecule has 2 aromatic carbocycles. The molecule has 0 amide bonds. The van der Waals surface area contributed by atoms with E-state index in [4.69, 9.17) is 34.8 Å². The Bertz CT molecular complexity index is 710. The molecule has 2 aromatic rings. The normalized spacial score (nSPS) is 10.5. The minimum Gasteiger partial charge on any atom is -0.380 e.